The highest BCUT2D eigenvalue weighted by Gasteiger charge is 2.31. The van der Waals surface area contributed by atoms with Gasteiger partial charge in [0.25, 0.3) is 0 Å². The van der Waals surface area contributed by atoms with Crippen LogP contribution in [0.4, 0.5) is 0 Å². The van der Waals surface area contributed by atoms with E-state index in [9.17, 15) is 8.42 Å². The topological polar surface area (TPSA) is 80.6 Å². The highest BCUT2D eigenvalue weighted by Crippen LogP contribution is 2.24. The molecule has 1 aliphatic rings. The molecule has 2 atom stereocenters. The van der Waals surface area contributed by atoms with E-state index in [1.807, 2.05) is 0 Å². The third-order valence-electron chi connectivity index (χ3n) is 3.62. The molecule has 2 rings (SSSR count). The average Bonchev–Trinajstić information content (AvgIpc) is 2.95. The highest BCUT2D eigenvalue weighted by atomic mass is 32.2. The molecule has 0 bridgehead atoms. The molecule has 0 amide bonds. The second kappa shape index (κ2) is 5.62. The van der Waals surface area contributed by atoms with Crippen molar-refractivity contribution in [3.05, 3.63) is 18.0 Å². The number of ether oxygens (including phenoxy) is 1. The van der Waals surface area contributed by atoms with Crippen LogP contribution in [0.25, 0.3) is 0 Å². The number of rotatable bonds is 5. The van der Waals surface area contributed by atoms with Gasteiger partial charge in [0.15, 0.2) is 0 Å². The monoisotopic (exact) mass is 288 g/mol. The summed E-state index contributed by atoms with van der Waals surface area (Å²) in [5.41, 5.74) is 0.565. The van der Waals surface area contributed by atoms with Gasteiger partial charge in [0.1, 0.15) is 0 Å². The molecule has 0 radical (unpaired) electrons. The summed E-state index contributed by atoms with van der Waals surface area (Å²) in [6, 6.07) is 1.31. The van der Waals surface area contributed by atoms with Crippen LogP contribution >= 0.6 is 0 Å². The molecular formula is C12H20N2O4S. The van der Waals surface area contributed by atoms with Gasteiger partial charge in [-0.3, -0.25) is 0 Å². The molecule has 1 heterocycles. The van der Waals surface area contributed by atoms with Crippen LogP contribution in [0.1, 0.15) is 25.0 Å². The molecule has 0 aromatic carbocycles. The zero-order valence-electron chi connectivity index (χ0n) is 11.2. The fourth-order valence-corrected chi connectivity index (χ4v) is 3.88. The summed E-state index contributed by atoms with van der Waals surface area (Å²) in [5, 5.41) is 9.11. The molecule has 2 unspecified atom stereocenters. The van der Waals surface area contributed by atoms with Crippen molar-refractivity contribution in [2.24, 2.45) is 7.05 Å². The smallest absolute Gasteiger partial charge is 0.242 e. The second-order valence-electron chi connectivity index (χ2n) is 4.87. The number of aryl methyl sites for hydroxylation is 1. The zero-order valence-corrected chi connectivity index (χ0v) is 12.0. The Morgan fingerprint density at radius 1 is 1.53 bits per heavy atom. The number of hydrogen-bond donors (Lipinski definition) is 2. The molecule has 0 saturated heterocycles. The highest BCUT2D eigenvalue weighted by molar-refractivity contribution is 7.89. The standard InChI is InChI=1S/C12H20N2O4S/c1-14-7-10(6-9(14)8-15)19(16,17)13-11-4-3-5-12(11)18-2/h6-7,11-13,15H,3-5,8H2,1-2H3. The van der Waals surface area contributed by atoms with Crippen LogP contribution in [0.2, 0.25) is 0 Å². The lowest BCUT2D eigenvalue weighted by molar-refractivity contribution is 0.0916. The van der Waals surface area contributed by atoms with Gasteiger partial charge in [-0.05, 0) is 25.3 Å². The van der Waals surface area contributed by atoms with Crippen LogP contribution in [0.15, 0.2) is 17.2 Å². The minimum absolute atomic E-state index is 0.0594. The maximum Gasteiger partial charge on any atom is 0.242 e. The molecule has 1 aliphatic carbocycles. The van der Waals surface area contributed by atoms with Gasteiger partial charge in [-0.15, -0.1) is 0 Å². The Kier molecular flexibility index (Phi) is 4.29. The van der Waals surface area contributed by atoms with E-state index in [4.69, 9.17) is 9.84 Å². The fraction of sp³-hybridized carbons (Fsp3) is 0.667. The van der Waals surface area contributed by atoms with E-state index in [1.165, 1.54) is 12.3 Å². The molecule has 1 aromatic heterocycles. The number of aliphatic hydroxyl groups is 1. The number of aromatic nitrogens is 1. The molecule has 6 nitrogen and oxygen atoms in total. The van der Waals surface area contributed by atoms with E-state index in [0.717, 1.165) is 19.3 Å². The van der Waals surface area contributed by atoms with Gasteiger partial charge >= 0.3 is 0 Å². The van der Waals surface area contributed by atoms with Gasteiger partial charge in [-0.25, -0.2) is 13.1 Å². The number of sulfonamides is 1. The largest absolute Gasteiger partial charge is 0.390 e. The number of aliphatic hydroxyl groups excluding tert-OH is 1. The van der Waals surface area contributed by atoms with Crippen LogP contribution < -0.4 is 4.72 Å². The third-order valence-corrected chi connectivity index (χ3v) is 5.07. The molecule has 0 aliphatic heterocycles. The molecule has 108 valence electrons. The Hall–Kier alpha value is -0.890. The maximum absolute atomic E-state index is 12.3. The van der Waals surface area contributed by atoms with E-state index < -0.39 is 10.0 Å². The Balaban J connectivity index is 2.17. The van der Waals surface area contributed by atoms with E-state index in [1.54, 1.807) is 18.7 Å². The van der Waals surface area contributed by atoms with E-state index >= 15 is 0 Å². The normalized spacial score (nSPS) is 23.9. The summed E-state index contributed by atoms with van der Waals surface area (Å²) >= 11 is 0. The first-order valence-electron chi connectivity index (χ1n) is 6.29. The molecule has 1 fully saturated rings. The molecule has 19 heavy (non-hydrogen) atoms. The van der Waals surface area contributed by atoms with Crippen molar-refractivity contribution in [1.29, 1.82) is 0 Å². The second-order valence-corrected chi connectivity index (χ2v) is 6.58. The predicted octanol–water partition coefficient (Wildman–Crippen LogP) is 0.363. The van der Waals surface area contributed by atoms with Crippen molar-refractivity contribution in [1.82, 2.24) is 9.29 Å². The van der Waals surface area contributed by atoms with Crippen LogP contribution in [0, 0.1) is 0 Å². The molecule has 1 saturated carbocycles. The number of nitrogens with zero attached hydrogens (tertiary/aromatic N) is 1. The van der Waals surface area contributed by atoms with E-state index in [-0.39, 0.29) is 23.6 Å². The summed E-state index contributed by atoms with van der Waals surface area (Å²) in [4.78, 5) is 0.181. The van der Waals surface area contributed by atoms with Gasteiger partial charge < -0.3 is 14.4 Å². The minimum atomic E-state index is -3.56. The van der Waals surface area contributed by atoms with Crippen LogP contribution in [-0.2, 0) is 28.4 Å². The van der Waals surface area contributed by atoms with Crippen molar-refractivity contribution in [3.8, 4) is 0 Å². The number of methoxy groups -OCH3 is 1. The summed E-state index contributed by atoms with van der Waals surface area (Å²) in [6.45, 7) is -0.184. The third kappa shape index (κ3) is 3.00. The van der Waals surface area contributed by atoms with E-state index in [2.05, 4.69) is 4.72 Å². The minimum Gasteiger partial charge on any atom is -0.390 e. The Labute approximate surface area is 113 Å². The fourth-order valence-electron chi connectivity index (χ4n) is 2.49. The van der Waals surface area contributed by atoms with E-state index in [0.29, 0.717) is 5.69 Å². The Morgan fingerprint density at radius 3 is 2.84 bits per heavy atom. The summed E-state index contributed by atoms with van der Waals surface area (Å²) in [6.07, 6.45) is 4.07. The summed E-state index contributed by atoms with van der Waals surface area (Å²) in [5.74, 6) is 0. The molecule has 1 aromatic rings. The van der Waals surface area contributed by atoms with Gasteiger partial charge in [0.2, 0.25) is 10.0 Å². The first-order chi connectivity index (χ1) is 8.97. The zero-order chi connectivity index (χ0) is 14.0. The van der Waals surface area contributed by atoms with Gasteiger partial charge in [-0.2, -0.15) is 0 Å². The first-order valence-corrected chi connectivity index (χ1v) is 7.77. The molecule has 2 N–H and O–H groups in total. The van der Waals surface area contributed by atoms with Crippen molar-refractivity contribution >= 4 is 10.0 Å². The average molecular weight is 288 g/mol. The number of nitrogens with one attached hydrogen (secondary N) is 1. The Morgan fingerprint density at radius 2 is 2.26 bits per heavy atom. The van der Waals surface area contributed by atoms with Gasteiger partial charge in [0, 0.05) is 32.1 Å². The lowest BCUT2D eigenvalue weighted by Gasteiger charge is -2.19. The number of hydrogen-bond acceptors (Lipinski definition) is 4. The predicted molar refractivity (Wildman–Crippen MR) is 70.1 cm³/mol. The lowest BCUT2D eigenvalue weighted by atomic mass is 10.2. The van der Waals surface area contributed by atoms with Crippen molar-refractivity contribution in [2.45, 2.75) is 42.9 Å². The summed E-state index contributed by atoms with van der Waals surface area (Å²) < 4.78 is 34.1. The molecule has 0 spiro atoms. The van der Waals surface area contributed by atoms with Crippen molar-refractivity contribution in [2.75, 3.05) is 7.11 Å². The van der Waals surface area contributed by atoms with Gasteiger partial charge in [-0.1, -0.05) is 0 Å². The van der Waals surface area contributed by atoms with Crippen molar-refractivity contribution in [3.63, 3.8) is 0 Å². The Bertz CT molecular complexity index is 538. The quantitative estimate of drug-likeness (QED) is 0.820. The maximum atomic E-state index is 12.3. The lowest BCUT2D eigenvalue weighted by Crippen LogP contribution is -2.40. The van der Waals surface area contributed by atoms with Crippen LogP contribution in [0.3, 0.4) is 0 Å². The van der Waals surface area contributed by atoms with Crippen LogP contribution in [0.5, 0.6) is 0 Å². The SMILES string of the molecule is COC1CCCC1NS(=O)(=O)c1cc(CO)n(C)c1. The summed E-state index contributed by atoms with van der Waals surface area (Å²) in [7, 11) is -0.253. The van der Waals surface area contributed by atoms with Crippen LogP contribution in [-0.4, -0.2) is 37.3 Å². The first kappa shape index (κ1) is 14.5. The molecule has 7 heteroatoms. The van der Waals surface area contributed by atoms with Gasteiger partial charge in [0.05, 0.1) is 17.6 Å². The molecular weight excluding hydrogens is 268 g/mol. The van der Waals surface area contributed by atoms with Crippen molar-refractivity contribution < 1.29 is 18.3 Å².